The zero-order valence-corrected chi connectivity index (χ0v) is 18.6. The third kappa shape index (κ3) is 4.82. The van der Waals surface area contributed by atoms with Crippen LogP contribution in [0.15, 0.2) is 54.1 Å². The van der Waals surface area contributed by atoms with Gasteiger partial charge in [0.1, 0.15) is 11.5 Å². The summed E-state index contributed by atoms with van der Waals surface area (Å²) in [7, 11) is 0. The van der Waals surface area contributed by atoms with Gasteiger partial charge >= 0.3 is 0 Å². The highest BCUT2D eigenvalue weighted by Crippen LogP contribution is 2.39. The van der Waals surface area contributed by atoms with Crippen molar-refractivity contribution in [2.24, 2.45) is 0 Å². The fourth-order valence-corrected chi connectivity index (χ4v) is 3.81. The normalized spacial score (nSPS) is 17.9. The van der Waals surface area contributed by atoms with Crippen LogP contribution in [0, 0.1) is 0 Å². The zero-order chi connectivity index (χ0) is 22.4. The summed E-state index contributed by atoms with van der Waals surface area (Å²) >= 11 is 0. The number of ketones is 1. The van der Waals surface area contributed by atoms with Crippen LogP contribution in [0.5, 0.6) is 5.75 Å². The van der Waals surface area contributed by atoms with Crippen molar-refractivity contribution in [3.05, 3.63) is 70.8 Å². The summed E-state index contributed by atoms with van der Waals surface area (Å²) < 4.78 is 5.60. The third-order valence-electron chi connectivity index (χ3n) is 5.60. The molecule has 0 saturated carbocycles. The van der Waals surface area contributed by atoms with Gasteiger partial charge in [-0.3, -0.25) is 9.59 Å². The van der Waals surface area contributed by atoms with Gasteiger partial charge in [-0.15, -0.1) is 0 Å². The Morgan fingerprint density at radius 2 is 1.65 bits per heavy atom. The van der Waals surface area contributed by atoms with Crippen molar-refractivity contribution in [1.29, 1.82) is 0 Å². The molecule has 0 bridgehead atoms. The molecular weight excluding hydrogens is 390 g/mol. The number of carbonyl (C=O) groups is 2. The van der Waals surface area contributed by atoms with Crippen molar-refractivity contribution in [2.75, 3.05) is 13.2 Å². The number of ether oxygens (including phenoxy) is 1. The maximum Gasteiger partial charge on any atom is 0.295 e. The summed E-state index contributed by atoms with van der Waals surface area (Å²) in [5.74, 6) is -0.635. The molecule has 5 heteroatoms. The van der Waals surface area contributed by atoms with Crippen molar-refractivity contribution in [2.45, 2.75) is 52.5 Å². The lowest BCUT2D eigenvalue weighted by Gasteiger charge is -2.25. The minimum absolute atomic E-state index is 0.146. The number of aryl methyl sites for hydroxylation is 1. The minimum Gasteiger partial charge on any atom is -0.507 e. The van der Waals surface area contributed by atoms with Crippen LogP contribution >= 0.6 is 0 Å². The molecule has 0 spiro atoms. The predicted molar refractivity (Wildman–Crippen MR) is 122 cm³/mol. The van der Waals surface area contributed by atoms with Gasteiger partial charge in [0.05, 0.1) is 18.2 Å². The van der Waals surface area contributed by atoms with Crippen LogP contribution < -0.4 is 4.74 Å². The van der Waals surface area contributed by atoms with Crippen LogP contribution in [0.25, 0.3) is 5.76 Å². The van der Waals surface area contributed by atoms with Crippen molar-refractivity contribution in [1.82, 2.24) is 4.90 Å². The number of unbranched alkanes of at least 4 members (excludes halogenated alkanes) is 1. The molecule has 0 aromatic heterocycles. The highest BCUT2D eigenvalue weighted by atomic mass is 16.5. The van der Waals surface area contributed by atoms with E-state index in [-0.39, 0.29) is 11.3 Å². The lowest BCUT2D eigenvalue weighted by molar-refractivity contribution is -0.139. The first-order valence-electron chi connectivity index (χ1n) is 11.1. The highest BCUT2D eigenvalue weighted by Gasteiger charge is 2.45. The van der Waals surface area contributed by atoms with E-state index in [0.29, 0.717) is 24.5 Å². The Hall–Kier alpha value is -3.08. The van der Waals surface area contributed by atoms with E-state index in [9.17, 15) is 14.7 Å². The van der Waals surface area contributed by atoms with Gasteiger partial charge in [-0.05, 0) is 54.7 Å². The number of nitrogens with zero attached hydrogens (tertiary/aromatic N) is 1. The Morgan fingerprint density at radius 1 is 0.968 bits per heavy atom. The molecule has 1 atom stereocenters. The predicted octanol–water partition coefficient (Wildman–Crippen LogP) is 5.26. The van der Waals surface area contributed by atoms with Crippen LogP contribution in [0.4, 0.5) is 0 Å². The van der Waals surface area contributed by atoms with Gasteiger partial charge in [0.25, 0.3) is 11.7 Å². The second kappa shape index (κ2) is 10.3. The van der Waals surface area contributed by atoms with Crippen molar-refractivity contribution in [3.8, 4) is 5.75 Å². The molecule has 1 amide bonds. The molecule has 1 aliphatic rings. The second-order valence-electron chi connectivity index (χ2n) is 7.81. The Labute approximate surface area is 184 Å². The summed E-state index contributed by atoms with van der Waals surface area (Å²) in [6, 6.07) is 14.3. The average Bonchev–Trinajstić information content (AvgIpc) is 3.06. The Balaban J connectivity index is 2.04. The van der Waals surface area contributed by atoms with Gasteiger partial charge in [0.2, 0.25) is 0 Å². The van der Waals surface area contributed by atoms with E-state index < -0.39 is 17.7 Å². The SMILES string of the molecule is CCCCN1C(=O)C(=O)/C(=C(\O)c2ccc(OCCC)cc2)C1c1ccc(CC)cc1. The summed E-state index contributed by atoms with van der Waals surface area (Å²) in [4.78, 5) is 27.4. The Bertz CT molecular complexity index is 944. The molecule has 1 saturated heterocycles. The second-order valence-corrected chi connectivity index (χ2v) is 7.81. The van der Waals surface area contributed by atoms with Crippen molar-refractivity contribution < 1.29 is 19.4 Å². The summed E-state index contributed by atoms with van der Waals surface area (Å²) in [6.45, 7) is 7.24. The molecule has 3 rings (SSSR count). The van der Waals surface area contributed by atoms with Crippen molar-refractivity contribution >= 4 is 17.4 Å². The van der Waals surface area contributed by atoms with E-state index in [1.54, 1.807) is 29.2 Å². The van der Waals surface area contributed by atoms with Crippen LogP contribution in [-0.4, -0.2) is 34.8 Å². The molecule has 0 aliphatic carbocycles. The number of amides is 1. The van der Waals surface area contributed by atoms with Gasteiger partial charge in [-0.25, -0.2) is 0 Å². The lowest BCUT2D eigenvalue weighted by atomic mass is 9.94. The zero-order valence-electron chi connectivity index (χ0n) is 18.6. The number of hydrogen-bond donors (Lipinski definition) is 1. The molecular formula is C26H31NO4. The van der Waals surface area contributed by atoms with E-state index >= 15 is 0 Å². The van der Waals surface area contributed by atoms with Gasteiger partial charge in [0, 0.05) is 12.1 Å². The summed E-state index contributed by atoms with van der Waals surface area (Å²) in [6.07, 6.45) is 3.51. The maximum absolute atomic E-state index is 13.0. The fourth-order valence-electron chi connectivity index (χ4n) is 3.81. The number of Topliss-reactive ketones (excluding diaryl/α,β-unsaturated/α-hetero) is 1. The van der Waals surface area contributed by atoms with Gasteiger partial charge in [-0.2, -0.15) is 0 Å². The van der Waals surface area contributed by atoms with Gasteiger partial charge < -0.3 is 14.7 Å². The molecule has 5 nitrogen and oxygen atoms in total. The number of carbonyl (C=O) groups excluding carboxylic acids is 2. The van der Waals surface area contributed by atoms with Gasteiger partial charge in [-0.1, -0.05) is 51.5 Å². The van der Waals surface area contributed by atoms with Crippen LogP contribution in [0.2, 0.25) is 0 Å². The largest absolute Gasteiger partial charge is 0.507 e. The number of benzene rings is 2. The highest BCUT2D eigenvalue weighted by molar-refractivity contribution is 6.46. The van der Waals surface area contributed by atoms with E-state index in [4.69, 9.17) is 4.74 Å². The molecule has 1 N–H and O–H groups in total. The molecule has 1 unspecified atom stereocenters. The average molecular weight is 422 g/mol. The number of aliphatic hydroxyl groups excluding tert-OH is 1. The van der Waals surface area contributed by atoms with Crippen molar-refractivity contribution in [3.63, 3.8) is 0 Å². The maximum atomic E-state index is 13.0. The molecule has 1 fully saturated rings. The Kier molecular flexibility index (Phi) is 7.50. The quantitative estimate of drug-likeness (QED) is 0.341. The number of rotatable bonds is 9. The van der Waals surface area contributed by atoms with Crippen LogP contribution in [-0.2, 0) is 16.0 Å². The number of aliphatic hydroxyl groups is 1. The standard InChI is InChI=1S/C26H31NO4/c1-4-7-16-27-23(19-10-8-18(6-3)9-11-19)22(25(29)26(27)30)24(28)20-12-14-21(15-13-20)31-17-5-2/h8-15,23,28H,4-7,16-17H2,1-3H3/b24-22-. The summed E-state index contributed by atoms with van der Waals surface area (Å²) in [5, 5.41) is 11.1. The molecule has 2 aromatic carbocycles. The fraction of sp³-hybridized carbons (Fsp3) is 0.385. The van der Waals surface area contributed by atoms with Crippen LogP contribution in [0.1, 0.15) is 62.8 Å². The monoisotopic (exact) mass is 421 g/mol. The molecule has 2 aromatic rings. The minimum atomic E-state index is -0.635. The topological polar surface area (TPSA) is 66.8 Å². The number of hydrogen-bond acceptors (Lipinski definition) is 4. The van der Waals surface area contributed by atoms with E-state index in [1.807, 2.05) is 38.1 Å². The van der Waals surface area contributed by atoms with E-state index in [2.05, 4.69) is 6.92 Å². The molecule has 0 radical (unpaired) electrons. The first-order chi connectivity index (χ1) is 15.0. The first kappa shape index (κ1) is 22.6. The van der Waals surface area contributed by atoms with E-state index in [1.165, 1.54) is 5.56 Å². The van der Waals surface area contributed by atoms with E-state index in [0.717, 1.165) is 31.2 Å². The third-order valence-corrected chi connectivity index (χ3v) is 5.60. The van der Waals surface area contributed by atoms with Crippen LogP contribution in [0.3, 0.4) is 0 Å². The smallest absolute Gasteiger partial charge is 0.295 e. The first-order valence-corrected chi connectivity index (χ1v) is 11.1. The molecule has 1 aliphatic heterocycles. The summed E-state index contributed by atoms with van der Waals surface area (Å²) in [5.41, 5.74) is 2.65. The molecule has 164 valence electrons. The number of likely N-dealkylation sites (tertiary alicyclic amines) is 1. The molecule has 1 heterocycles. The lowest BCUT2D eigenvalue weighted by Crippen LogP contribution is -2.30. The molecule has 31 heavy (non-hydrogen) atoms. The van der Waals surface area contributed by atoms with Gasteiger partial charge in [0.15, 0.2) is 0 Å². The Morgan fingerprint density at radius 3 is 2.23 bits per heavy atom.